The van der Waals surface area contributed by atoms with E-state index in [9.17, 15) is 14.0 Å². The Morgan fingerprint density at radius 2 is 1.88 bits per heavy atom. The van der Waals surface area contributed by atoms with Crippen LogP contribution in [0.1, 0.15) is 43.1 Å². The highest BCUT2D eigenvalue weighted by Crippen LogP contribution is 2.53. The summed E-state index contributed by atoms with van der Waals surface area (Å²) in [7, 11) is 0. The largest absolute Gasteiger partial charge is 0.348 e. The van der Waals surface area contributed by atoms with Crippen LogP contribution in [0.3, 0.4) is 0 Å². The molecule has 1 spiro atoms. The third-order valence-electron chi connectivity index (χ3n) is 5.68. The summed E-state index contributed by atoms with van der Waals surface area (Å²) >= 11 is 0. The van der Waals surface area contributed by atoms with Crippen molar-refractivity contribution in [2.45, 2.75) is 38.6 Å². The number of H-pyrrole nitrogens is 1. The Morgan fingerprint density at radius 3 is 2.52 bits per heavy atom. The molecule has 1 aliphatic carbocycles. The summed E-state index contributed by atoms with van der Waals surface area (Å²) in [4.78, 5) is 29.6. The van der Waals surface area contributed by atoms with Gasteiger partial charge in [0.05, 0.1) is 0 Å². The Bertz CT molecular complexity index is 830. The summed E-state index contributed by atoms with van der Waals surface area (Å²) in [5.41, 5.74) is 0.933. The highest BCUT2D eigenvalue weighted by Gasteiger charge is 2.45. The van der Waals surface area contributed by atoms with Crippen LogP contribution in [0.5, 0.6) is 0 Å². The number of para-hydroxylation sites is 1. The van der Waals surface area contributed by atoms with Gasteiger partial charge in [0.15, 0.2) is 5.82 Å². The van der Waals surface area contributed by atoms with Crippen LogP contribution in [0.25, 0.3) is 10.9 Å². The zero-order valence-corrected chi connectivity index (χ0v) is 14.3. The maximum Gasteiger partial charge on any atom is 0.271 e. The highest BCUT2D eigenvalue weighted by atomic mass is 19.1. The number of nitrogens with zero attached hydrogens (tertiary/aromatic N) is 1. The van der Waals surface area contributed by atoms with Crippen molar-refractivity contribution in [3.8, 4) is 0 Å². The molecule has 0 radical (unpaired) electrons. The summed E-state index contributed by atoms with van der Waals surface area (Å²) in [5, 5.41) is 3.00. The van der Waals surface area contributed by atoms with Crippen molar-refractivity contribution in [2.75, 3.05) is 13.1 Å². The number of carbonyl (C=O) groups excluding carboxylic acids is 2. The molecule has 1 saturated carbocycles. The van der Waals surface area contributed by atoms with Crippen LogP contribution in [0, 0.1) is 11.2 Å². The van der Waals surface area contributed by atoms with E-state index >= 15 is 0 Å². The van der Waals surface area contributed by atoms with Gasteiger partial charge >= 0.3 is 0 Å². The van der Waals surface area contributed by atoms with Gasteiger partial charge in [-0.2, -0.15) is 0 Å². The second-order valence-electron chi connectivity index (χ2n) is 7.38. The number of aromatic nitrogens is 1. The maximum atomic E-state index is 14.4. The van der Waals surface area contributed by atoms with Crippen molar-refractivity contribution in [1.82, 2.24) is 15.2 Å². The number of hydrogen-bond donors (Lipinski definition) is 2. The second kappa shape index (κ2) is 5.86. The number of amides is 2. The van der Waals surface area contributed by atoms with E-state index in [2.05, 4.69) is 10.3 Å². The third kappa shape index (κ3) is 2.90. The van der Waals surface area contributed by atoms with Crippen LogP contribution in [-0.4, -0.2) is 40.8 Å². The van der Waals surface area contributed by atoms with E-state index in [-0.39, 0.29) is 11.6 Å². The molecule has 2 N–H and O–H groups in total. The summed E-state index contributed by atoms with van der Waals surface area (Å²) in [6.07, 6.45) is 4.66. The summed E-state index contributed by atoms with van der Waals surface area (Å²) in [5.74, 6) is -1.27. The minimum absolute atomic E-state index is 0.0969. The van der Waals surface area contributed by atoms with Crippen LogP contribution < -0.4 is 5.32 Å². The van der Waals surface area contributed by atoms with Crippen molar-refractivity contribution < 1.29 is 14.0 Å². The fourth-order valence-corrected chi connectivity index (χ4v) is 3.75. The Hall–Kier alpha value is -2.37. The van der Waals surface area contributed by atoms with Crippen molar-refractivity contribution in [3.63, 3.8) is 0 Å². The van der Waals surface area contributed by atoms with Crippen molar-refractivity contribution in [3.05, 3.63) is 35.8 Å². The number of halogens is 1. The lowest BCUT2D eigenvalue weighted by atomic mass is 9.93. The number of rotatable bonds is 3. The van der Waals surface area contributed by atoms with E-state index in [1.165, 1.54) is 12.8 Å². The first-order valence-corrected chi connectivity index (χ1v) is 8.85. The van der Waals surface area contributed by atoms with Gasteiger partial charge in [-0.05, 0) is 50.2 Å². The molecule has 5 nitrogen and oxygen atoms in total. The number of fused-ring (bicyclic) bond motifs is 1. The van der Waals surface area contributed by atoms with E-state index in [1.807, 2.05) is 4.90 Å². The first-order valence-electron chi connectivity index (χ1n) is 8.85. The Balaban J connectivity index is 1.42. The fourth-order valence-electron chi connectivity index (χ4n) is 3.75. The van der Waals surface area contributed by atoms with E-state index in [4.69, 9.17) is 0 Å². The zero-order chi connectivity index (χ0) is 17.6. The minimum atomic E-state index is -0.674. The van der Waals surface area contributed by atoms with Crippen molar-refractivity contribution in [2.24, 2.45) is 5.41 Å². The lowest BCUT2D eigenvalue weighted by Crippen LogP contribution is -2.49. The first-order chi connectivity index (χ1) is 12.0. The van der Waals surface area contributed by atoms with Gasteiger partial charge in [-0.3, -0.25) is 9.59 Å². The molecule has 1 aromatic heterocycles. The predicted molar refractivity (Wildman–Crippen MR) is 92.7 cm³/mol. The number of aromatic amines is 1. The smallest absolute Gasteiger partial charge is 0.271 e. The van der Waals surface area contributed by atoms with Gasteiger partial charge in [-0.15, -0.1) is 0 Å². The number of nitrogens with one attached hydrogen (secondary N) is 2. The van der Waals surface area contributed by atoms with Gasteiger partial charge in [0.25, 0.3) is 5.91 Å². The quantitative estimate of drug-likeness (QED) is 0.900. The molecule has 2 aliphatic rings. The molecular formula is C19H22FN3O2. The number of benzene rings is 1. The molecular weight excluding hydrogens is 321 g/mol. The highest BCUT2D eigenvalue weighted by molar-refractivity contribution is 6.00. The number of carbonyl (C=O) groups is 2. The van der Waals surface area contributed by atoms with E-state index in [0.717, 1.165) is 25.9 Å². The molecule has 25 heavy (non-hydrogen) atoms. The Labute approximate surface area is 145 Å². The van der Waals surface area contributed by atoms with Crippen LogP contribution >= 0.6 is 0 Å². The minimum Gasteiger partial charge on any atom is -0.348 e. The number of piperidine rings is 1. The zero-order valence-electron chi connectivity index (χ0n) is 14.3. The summed E-state index contributed by atoms with van der Waals surface area (Å²) in [6, 6.07) is 6.15. The predicted octanol–water partition coefficient (Wildman–Crippen LogP) is 2.83. The van der Waals surface area contributed by atoms with Crippen LogP contribution in [-0.2, 0) is 4.79 Å². The molecule has 1 saturated heterocycles. The molecule has 6 heteroatoms. The molecule has 0 bridgehead atoms. The maximum absolute atomic E-state index is 14.4. The lowest BCUT2D eigenvalue weighted by Gasteiger charge is -2.33. The molecule has 2 aromatic rings. The van der Waals surface area contributed by atoms with Gasteiger partial charge in [-0.1, -0.05) is 12.1 Å². The number of likely N-dealkylation sites (tertiary alicyclic amines) is 1. The van der Waals surface area contributed by atoms with Gasteiger partial charge in [0.2, 0.25) is 5.91 Å². The average Bonchev–Trinajstić information content (AvgIpc) is 3.29. The Morgan fingerprint density at radius 1 is 1.20 bits per heavy atom. The molecule has 132 valence electrons. The van der Waals surface area contributed by atoms with Crippen molar-refractivity contribution >= 4 is 22.7 Å². The number of hydrogen-bond acceptors (Lipinski definition) is 2. The Kier molecular flexibility index (Phi) is 3.78. The van der Waals surface area contributed by atoms with Gasteiger partial charge < -0.3 is 15.2 Å². The molecule has 1 atom stereocenters. The standard InChI is InChI=1S/C19H22FN3O2/c1-12(18(25)23-10-8-19(6-7-19)9-11-23)21-17(24)16-15(20)13-4-2-3-5-14(13)22-16/h2-5,12,22H,6-11H2,1H3,(H,21,24)/t12-/m0/s1. The average molecular weight is 343 g/mol. The molecule has 1 aliphatic heterocycles. The van der Waals surface area contributed by atoms with E-state index in [0.29, 0.717) is 16.3 Å². The molecule has 0 unspecified atom stereocenters. The first kappa shape index (κ1) is 16.1. The topological polar surface area (TPSA) is 65.2 Å². The molecule has 2 amide bonds. The molecule has 1 aromatic carbocycles. The normalized spacial score (nSPS) is 19.8. The summed E-state index contributed by atoms with van der Waals surface area (Å²) < 4.78 is 14.4. The van der Waals surface area contributed by atoms with E-state index < -0.39 is 17.8 Å². The van der Waals surface area contributed by atoms with E-state index in [1.54, 1.807) is 31.2 Å². The monoisotopic (exact) mass is 343 g/mol. The fraction of sp³-hybridized carbons (Fsp3) is 0.474. The van der Waals surface area contributed by atoms with Gasteiger partial charge in [0, 0.05) is 24.0 Å². The molecule has 2 heterocycles. The van der Waals surface area contributed by atoms with Gasteiger partial charge in [0.1, 0.15) is 11.7 Å². The summed E-state index contributed by atoms with van der Waals surface area (Å²) in [6.45, 7) is 3.15. The molecule has 4 rings (SSSR count). The van der Waals surface area contributed by atoms with Crippen molar-refractivity contribution in [1.29, 1.82) is 0 Å². The lowest BCUT2D eigenvalue weighted by molar-refractivity contribution is -0.134. The third-order valence-corrected chi connectivity index (χ3v) is 5.68. The SMILES string of the molecule is C[C@H](NC(=O)c1[nH]c2ccccc2c1F)C(=O)N1CCC2(CC1)CC2. The van der Waals surface area contributed by atoms with Gasteiger partial charge in [-0.25, -0.2) is 4.39 Å². The van der Waals surface area contributed by atoms with Crippen LogP contribution in [0.15, 0.2) is 24.3 Å². The second-order valence-corrected chi connectivity index (χ2v) is 7.38. The van der Waals surface area contributed by atoms with Crippen LogP contribution in [0.2, 0.25) is 0 Å². The van der Waals surface area contributed by atoms with Crippen LogP contribution in [0.4, 0.5) is 4.39 Å². The molecule has 2 fully saturated rings.